The van der Waals surface area contributed by atoms with Crippen molar-refractivity contribution in [2.45, 2.75) is 27.2 Å². The zero-order valence-electron chi connectivity index (χ0n) is 12.4. The molecule has 0 aliphatic rings. The summed E-state index contributed by atoms with van der Waals surface area (Å²) in [7, 11) is 0. The minimum Gasteiger partial charge on any atom is -0.339 e. The van der Waals surface area contributed by atoms with Gasteiger partial charge in [0.1, 0.15) is 0 Å². The van der Waals surface area contributed by atoms with E-state index < -0.39 is 0 Å². The number of hydrogen-bond donors (Lipinski definition) is 1. The van der Waals surface area contributed by atoms with Gasteiger partial charge in [-0.2, -0.15) is 0 Å². The summed E-state index contributed by atoms with van der Waals surface area (Å²) < 4.78 is 0. The lowest BCUT2D eigenvalue weighted by Crippen LogP contribution is -2.32. The first-order chi connectivity index (χ1) is 9.45. The van der Waals surface area contributed by atoms with Crippen molar-refractivity contribution >= 4 is 17.5 Å². The minimum atomic E-state index is -0.0855. The molecule has 0 saturated heterocycles. The van der Waals surface area contributed by atoms with Gasteiger partial charge in [-0.05, 0) is 25.0 Å². The average Bonchev–Trinajstić information content (AvgIpc) is 2.38. The Morgan fingerprint density at radius 1 is 1.30 bits per heavy atom. The molecular weight excluding hydrogens is 252 g/mol. The van der Waals surface area contributed by atoms with Crippen molar-refractivity contribution in [2.75, 3.05) is 18.4 Å². The van der Waals surface area contributed by atoms with Gasteiger partial charge < -0.3 is 10.2 Å². The highest BCUT2D eigenvalue weighted by Gasteiger charge is 2.11. The van der Waals surface area contributed by atoms with E-state index in [2.05, 4.69) is 11.9 Å². The minimum absolute atomic E-state index is 0.0511. The third-order valence-corrected chi connectivity index (χ3v) is 3.15. The number of nitrogens with one attached hydrogen (secondary N) is 1. The van der Waals surface area contributed by atoms with E-state index in [0.717, 1.165) is 16.8 Å². The quantitative estimate of drug-likeness (QED) is 0.811. The van der Waals surface area contributed by atoms with Crippen LogP contribution in [0, 0.1) is 13.8 Å². The second kappa shape index (κ2) is 7.48. The van der Waals surface area contributed by atoms with Gasteiger partial charge in [0.2, 0.25) is 11.8 Å². The van der Waals surface area contributed by atoms with E-state index >= 15 is 0 Å². The number of hydrogen-bond acceptors (Lipinski definition) is 2. The van der Waals surface area contributed by atoms with Crippen molar-refractivity contribution < 1.29 is 9.59 Å². The summed E-state index contributed by atoms with van der Waals surface area (Å²) in [5.74, 6) is -0.137. The van der Waals surface area contributed by atoms with Crippen molar-refractivity contribution in [1.29, 1.82) is 0 Å². The molecule has 108 valence electrons. The summed E-state index contributed by atoms with van der Waals surface area (Å²) in [5, 5.41) is 2.91. The normalized spacial score (nSPS) is 9.95. The number of rotatable bonds is 6. The SMILES string of the molecule is C=CCN(CCC(=O)Nc1c(C)cccc1C)C(C)=O. The topological polar surface area (TPSA) is 49.4 Å². The van der Waals surface area contributed by atoms with Gasteiger partial charge in [-0.3, -0.25) is 9.59 Å². The Morgan fingerprint density at radius 2 is 1.90 bits per heavy atom. The second-order valence-electron chi connectivity index (χ2n) is 4.82. The second-order valence-corrected chi connectivity index (χ2v) is 4.82. The molecule has 2 amide bonds. The number of benzene rings is 1. The van der Waals surface area contributed by atoms with Crippen LogP contribution in [0.2, 0.25) is 0 Å². The molecule has 0 radical (unpaired) electrons. The Hall–Kier alpha value is -2.10. The molecular formula is C16H22N2O2. The number of aryl methyl sites for hydroxylation is 2. The van der Waals surface area contributed by atoms with Gasteiger partial charge in [0.15, 0.2) is 0 Å². The van der Waals surface area contributed by atoms with Crippen molar-refractivity contribution in [3.8, 4) is 0 Å². The van der Waals surface area contributed by atoms with Crippen LogP contribution in [-0.2, 0) is 9.59 Å². The standard InChI is InChI=1S/C16H22N2O2/c1-5-10-18(14(4)19)11-9-15(20)17-16-12(2)7-6-8-13(16)3/h5-8H,1,9-11H2,2-4H3,(H,17,20). The van der Waals surface area contributed by atoms with Crippen LogP contribution in [0.3, 0.4) is 0 Å². The molecule has 4 heteroatoms. The number of nitrogens with zero attached hydrogens (tertiary/aromatic N) is 1. The molecule has 20 heavy (non-hydrogen) atoms. The maximum absolute atomic E-state index is 12.0. The van der Waals surface area contributed by atoms with Crippen molar-refractivity contribution in [2.24, 2.45) is 0 Å². The average molecular weight is 274 g/mol. The highest BCUT2D eigenvalue weighted by atomic mass is 16.2. The highest BCUT2D eigenvalue weighted by molar-refractivity contribution is 5.92. The first-order valence-corrected chi connectivity index (χ1v) is 6.68. The predicted molar refractivity (Wildman–Crippen MR) is 81.6 cm³/mol. The number of amides is 2. The van der Waals surface area contributed by atoms with Gasteiger partial charge >= 0.3 is 0 Å². The van der Waals surface area contributed by atoms with Crippen LogP contribution in [0.5, 0.6) is 0 Å². The Kier molecular flexibility index (Phi) is 5.97. The molecule has 4 nitrogen and oxygen atoms in total. The molecule has 0 heterocycles. The number of para-hydroxylation sites is 1. The lowest BCUT2D eigenvalue weighted by molar-refractivity contribution is -0.128. The molecule has 0 aliphatic heterocycles. The van der Waals surface area contributed by atoms with Crippen LogP contribution < -0.4 is 5.32 Å². The van der Waals surface area contributed by atoms with Gasteiger partial charge in [-0.1, -0.05) is 24.3 Å². The van der Waals surface area contributed by atoms with Crippen LogP contribution in [-0.4, -0.2) is 29.8 Å². The van der Waals surface area contributed by atoms with Gasteiger partial charge in [-0.25, -0.2) is 0 Å². The van der Waals surface area contributed by atoms with E-state index in [1.54, 1.807) is 11.0 Å². The van der Waals surface area contributed by atoms with Crippen LogP contribution in [0.1, 0.15) is 24.5 Å². The van der Waals surface area contributed by atoms with Gasteiger partial charge in [0, 0.05) is 32.1 Å². The molecule has 0 aliphatic carbocycles. The lowest BCUT2D eigenvalue weighted by atomic mass is 10.1. The smallest absolute Gasteiger partial charge is 0.226 e. The first-order valence-electron chi connectivity index (χ1n) is 6.68. The fourth-order valence-electron chi connectivity index (χ4n) is 1.98. The zero-order chi connectivity index (χ0) is 15.1. The monoisotopic (exact) mass is 274 g/mol. The lowest BCUT2D eigenvalue weighted by Gasteiger charge is -2.19. The largest absolute Gasteiger partial charge is 0.339 e. The summed E-state index contributed by atoms with van der Waals surface area (Å²) in [6, 6.07) is 5.88. The molecule has 0 bridgehead atoms. The van der Waals surface area contributed by atoms with Gasteiger partial charge in [0.25, 0.3) is 0 Å². The fourth-order valence-corrected chi connectivity index (χ4v) is 1.98. The van der Waals surface area contributed by atoms with E-state index in [-0.39, 0.29) is 18.2 Å². The summed E-state index contributed by atoms with van der Waals surface area (Å²) in [6.45, 7) is 9.89. The van der Waals surface area contributed by atoms with Crippen molar-refractivity contribution in [3.63, 3.8) is 0 Å². The molecule has 0 aromatic heterocycles. The van der Waals surface area contributed by atoms with Gasteiger partial charge in [0.05, 0.1) is 0 Å². The molecule has 1 N–H and O–H groups in total. The molecule has 0 atom stereocenters. The van der Waals surface area contributed by atoms with Crippen molar-refractivity contribution in [1.82, 2.24) is 4.90 Å². The maximum Gasteiger partial charge on any atom is 0.226 e. The molecule has 0 spiro atoms. The number of anilines is 1. The van der Waals surface area contributed by atoms with Crippen LogP contribution >= 0.6 is 0 Å². The summed E-state index contributed by atoms with van der Waals surface area (Å²) in [5.41, 5.74) is 2.93. The predicted octanol–water partition coefficient (Wildman–Crippen LogP) is 2.67. The molecule has 1 aromatic rings. The van der Waals surface area contributed by atoms with Crippen LogP contribution in [0.15, 0.2) is 30.9 Å². The van der Waals surface area contributed by atoms with Gasteiger partial charge in [-0.15, -0.1) is 6.58 Å². The molecule has 1 aromatic carbocycles. The van der Waals surface area contributed by atoms with E-state index in [0.29, 0.717) is 13.1 Å². The van der Waals surface area contributed by atoms with E-state index in [4.69, 9.17) is 0 Å². The first kappa shape index (κ1) is 16.0. The summed E-state index contributed by atoms with van der Waals surface area (Å²) in [6.07, 6.45) is 1.94. The molecule has 0 fully saturated rings. The number of carbonyl (C=O) groups is 2. The Balaban J connectivity index is 2.60. The summed E-state index contributed by atoms with van der Waals surface area (Å²) >= 11 is 0. The third-order valence-electron chi connectivity index (χ3n) is 3.15. The highest BCUT2D eigenvalue weighted by Crippen LogP contribution is 2.19. The Labute approximate surface area is 120 Å². The fraction of sp³-hybridized carbons (Fsp3) is 0.375. The maximum atomic E-state index is 12.0. The third kappa shape index (κ3) is 4.53. The van der Waals surface area contributed by atoms with E-state index in [1.165, 1.54) is 6.92 Å². The molecule has 1 rings (SSSR count). The Bertz CT molecular complexity index is 489. The number of carbonyl (C=O) groups excluding carboxylic acids is 2. The zero-order valence-corrected chi connectivity index (χ0v) is 12.4. The van der Waals surface area contributed by atoms with Crippen LogP contribution in [0.4, 0.5) is 5.69 Å². The van der Waals surface area contributed by atoms with E-state index in [9.17, 15) is 9.59 Å². The van der Waals surface area contributed by atoms with Crippen LogP contribution in [0.25, 0.3) is 0 Å². The van der Waals surface area contributed by atoms with E-state index in [1.807, 2.05) is 32.0 Å². The summed E-state index contributed by atoms with van der Waals surface area (Å²) in [4.78, 5) is 24.9. The van der Waals surface area contributed by atoms with Crippen molar-refractivity contribution in [3.05, 3.63) is 42.0 Å². The Morgan fingerprint density at radius 3 is 2.40 bits per heavy atom. The molecule has 0 unspecified atom stereocenters. The molecule has 0 saturated carbocycles.